The van der Waals surface area contributed by atoms with E-state index >= 15 is 0 Å². The summed E-state index contributed by atoms with van der Waals surface area (Å²) in [5.41, 5.74) is 1.45. The van der Waals surface area contributed by atoms with Crippen molar-refractivity contribution in [2.75, 3.05) is 0 Å². The molecule has 2 unspecified atom stereocenters. The lowest BCUT2D eigenvalue weighted by atomic mass is 9.94. The number of carbonyl (C=O) groups is 3. The number of carboxylic acid groups (broad SMARTS) is 1. The van der Waals surface area contributed by atoms with Gasteiger partial charge in [-0.15, -0.1) is 0 Å². The van der Waals surface area contributed by atoms with Gasteiger partial charge in [0, 0.05) is 24.0 Å². The summed E-state index contributed by atoms with van der Waals surface area (Å²) < 4.78 is 12.4. The highest BCUT2D eigenvalue weighted by Gasteiger charge is 2.26. The number of hydrogen-bond acceptors (Lipinski definition) is 6. The summed E-state index contributed by atoms with van der Waals surface area (Å²) in [7, 11) is 0. The van der Waals surface area contributed by atoms with Crippen LogP contribution < -0.4 is 9.47 Å². The molecule has 0 aromatic heterocycles. The summed E-state index contributed by atoms with van der Waals surface area (Å²) in [4.78, 5) is 34.5. The van der Waals surface area contributed by atoms with Gasteiger partial charge in [-0.2, -0.15) is 0 Å². The van der Waals surface area contributed by atoms with Crippen LogP contribution in [0.1, 0.15) is 85.1 Å². The number of ketones is 2. The van der Waals surface area contributed by atoms with Crippen LogP contribution in [0.25, 0.3) is 0 Å². The topological polar surface area (TPSA) is 110 Å². The Labute approximate surface area is 199 Å². The van der Waals surface area contributed by atoms with E-state index < -0.39 is 5.97 Å². The van der Waals surface area contributed by atoms with Crippen LogP contribution in [0.3, 0.4) is 0 Å². The average Bonchev–Trinajstić information content (AvgIpc) is 2.80. The second-order valence-corrected chi connectivity index (χ2v) is 8.73. The van der Waals surface area contributed by atoms with Crippen molar-refractivity contribution in [2.45, 2.75) is 77.4 Å². The van der Waals surface area contributed by atoms with Gasteiger partial charge in [0.05, 0.1) is 12.0 Å². The Morgan fingerprint density at radius 1 is 0.971 bits per heavy atom. The summed E-state index contributed by atoms with van der Waals surface area (Å²) in [6, 6.07) is 10.2. The fraction of sp³-hybridized carbons (Fsp3) is 0.444. The molecule has 7 heteroatoms. The monoisotopic (exact) mass is 468 g/mol. The van der Waals surface area contributed by atoms with Crippen LogP contribution >= 0.6 is 0 Å². The third-order valence-corrected chi connectivity index (χ3v) is 6.04. The normalized spacial score (nSPS) is 17.7. The first-order valence-electron chi connectivity index (χ1n) is 11.8. The zero-order chi connectivity index (χ0) is 24.7. The highest BCUT2D eigenvalue weighted by Crippen LogP contribution is 2.35. The molecule has 2 aromatic carbocycles. The number of rotatable bonds is 11. The molecule has 34 heavy (non-hydrogen) atoms. The van der Waals surface area contributed by atoms with Gasteiger partial charge < -0.3 is 19.7 Å². The Bertz CT molecular complexity index is 1030. The fourth-order valence-corrected chi connectivity index (χ4v) is 4.28. The second-order valence-electron chi connectivity index (χ2n) is 8.73. The van der Waals surface area contributed by atoms with Crippen molar-refractivity contribution in [3.63, 3.8) is 0 Å². The van der Waals surface area contributed by atoms with Crippen molar-refractivity contribution in [1.82, 2.24) is 0 Å². The van der Waals surface area contributed by atoms with E-state index in [1.54, 1.807) is 36.4 Å². The first-order valence-corrected chi connectivity index (χ1v) is 11.8. The van der Waals surface area contributed by atoms with Crippen LogP contribution in [-0.4, -0.2) is 40.0 Å². The SMILES string of the molecule is CCCc1c(OC2CCCC(Oc3ccc(C(=O)CCC(=O)O)cc3)C2)ccc(C(C)=O)c1O. The number of phenols is 1. The molecule has 0 aliphatic heterocycles. The van der Waals surface area contributed by atoms with Crippen molar-refractivity contribution < 1.29 is 34.1 Å². The Morgan fingerprint density at radius 2 is 1.65 bits per heavy atom. The number of carbonyl (C=O) groups excluding carboxylic acids is 2. The molecular weight excluding hydrogens is 436 g/mol. The van der Waals surface area contributed by atoms with Gasteiger partial charge in [0.15, 0.2) is 11.6 Å². The molecule has 2 aromatic rings. The van der Waals surface area contributed by atoms with E-state index in [1.807, 2.05) is 6.92 Å². The molecule has 2 atom stereocenters. The Hall–Kier alpha value is -3.35. The molecule has 1 fully saturated rings. The number of aromatic hydroxyl groups is 1. The highest BCUT2D eigenvalue weighted by molar-refractivity contribution is 5.98. The van der Waals surface area contributed by atoms with E-state index in [4.69, 9.17) is 14.6 Å². The van der Waals surface area contributed by atoms with E-state index in [0.717, 1.165) is 25.7 Å². The molecule has 0 heterocycles. The minimum Gasteiger partial charge on any atom is -0.507 e. The van der Waals surface area contributed by atoms with E-state index in [-0.39, 0.29) is 42.4 Å². The number of benzene rings is 2. The van der Waals surface area contributed by atoms with Crippen LogP contribution in [0.5, 0.6) is 17.2 Å². The van der Waals surface area contributed by atoms with Crippen molar-refractivity contribution in [1.29, 1.82) is 0 Å². The van der Waals surface area contributed by atoms with Gasteiger partial charge in [0.1, 0.15) is 29.5 Å². The molecule has 2 N–H and O–H groups in total. The summed E-state index contributed by atoms with van der Waals surface area (Å²) in [6.07, 6.45) is 4.47. The van der Waals surface area contributed by atoms with Gasteiger partial charge in [-0.05, 0) is 69.0 Å². The molecule has 182 valence electrons. The first kappa shape index (κ1) is 25.3. The summed E-state index contributed by atoms with van der Waals surface area (Å²) >= 11 is 0. The molecule has 3 rings (SSSR count). The third-order valence-electron chi connectivity index (χ3n) is 6.04. The largest absolute Gasteiger partial charge is 0.507 e. The number of phenolic OH excluding ortho intramolecular Hbond substituents is 1. The van der Waals surface area contributed by atoms with E-state index in [1.165, 1.54) is 6.92 Å². The molecule has 7 nitrogen and oxygen atoms in total. The van der Waals surface area contributed by atoms with E-state index in [9.17, 15) is 19.5 Å². The molecule has 1 aliphatic rings. The predicted octanol–water partition coefficient (Wildman–Crippen LogP) is 5.36. The van der Waals surface area contributed by atoms with Crippen LogP contribution in [0.4, 0.5) is 0 Å². The van der Waals surface area contributed by atoms with Gasteiger partial charge in [-0.1, -0.05) is 13.3 Å². The van der Waals surface area contributed by atoms with Crippen LogP contribution in [-0.2, 0) is 11.2 Å². The lowest BCUT2D eigenvalue weighted by Gasteiger charge is -2.31. The number of hydrogen-bond donors (Lipinski definition) is 2. The van der Waals surface area contributed by atoms with Crippen molar-refractivity contribution in [2.24, 2.45) is 0 Å². The number of carboxylic acids is 1. The van der Waals surface area contributed by atoms with Crippen LogP contribution in [0.2, 0.25) is 0 Å². The number of aliphatic carboxylic acids is 1. The van der Waals surface area contributed by atoms with Crippen LogP contribution in [0.15, 0.2) is 36.4 Å². The molecular formula is C27H32O7. The molecule has 0 radical (unpaired) electrons. The lowest BCUT2D eigenvalue weighted by Crippen LogP contribution is -2.32. The van der Waals surface area contributed by atoms with Crippen molar-refractivity contribution in [3.05, 3.63) is 53.1 Å². The Balaban J connectivity index is 1.63. The van der Waals surface area contributed by atoms with Crippen LogP contribution in [0, 0.1) is 0 Å². The summed E-state index contributed by atoms with van der Waals surface area (Å²) in [5, 5.41) is 19.3. The van der Waals surface area contributed by atoms with Crippen molar-refractivity contribution in [3.8, 4) is 17.2 Å². The summed E-state index contributed by atoms with van der Waals surface area (Å²) in [5.74, 6) is -0.110. The lowest BCUT2D eigenvalue weighted by molar-refractivity contribution is -0.136. The first-order chi connectivity index (χ1) is 16.3. The van der Waals surface area contributed by atoms with Crippen molar-refractivity contribution >= 4 is 17.5 Å². The minimum absolute atomic E-state index is 0.00783. The maximum atomic E-state index is 12.1. The standard InChI is InChI=1S/C27H32O7/c1-3-5-23-25(14-12-22(17(2)28)27(23)32)34-21-7-4-6-20(16-21)33-19-10-8-18(9-11-19)24(29)13-15-26(30)31/h8-12,14,20-21,32H,3-7,13,15-16H2,1-2H3,(H,30,31). The minimum atomic E-state index is -0.991. The molecule has 1 aliphatic carbocycles. The van der Waals surface area contributed by atoms with E-state index in [0.29, 0.717) is 41.0 Å². The molecule has 0 bridgehead atoms. The maximum absolute atomic E-state index is 12.1. The third kappa shape index (κ3) is 6.59. The molecule has 0 saturated heterocycles. The number of ether oxygens (including phenoxy) is 2. The summed E-state index contributed by atoms with van der Waals surface area (Å²) in [6.45, 7) is 3.45. The smallest absolute Gasteiger partial charge is 0.303 e. The zero-order valence-corrected chi connectivity index (χ0v) is 19.7. The quantitative estimate of drug-likeness (QED) is 0.427. The molecule has 0 amide bonds. The van der Waals surface area contributed by atoms with E-state index in [2.05, 4.69) is 0 Å². The van der Waals surface area contributed by atoms with Gasteiger partial charge in [0.25, 0.3) is 0 Å². The van der Waals surface area contributed by atoms with Gasteiger partial charge in [-0.3, -0.25) is 14.4 Å². The van der Waals surface area contributed by atoms with Gasteiger partial charge in [0.2, 0.25) is 0 Å². The number of Topliss-reactive ketones (excluding diaryl/α,β-unsaturated/α-hetero) is 2. The Kier molecular flexibility index (Phi) is 8.68. The zero-order valence-electron chi connectivity index (χ0n) is 19.7. The fourth-order valence-electron chi connectivity index (χ4n) is 4.28. The van der Waals surface area contributed by atoms with Gasteiger partial charge >= 0.3 is 5.97 Å². The highest BCUT2D eigenvalue weighted by atomic mass is 16.5. The second kappa shape index (κ2) is 11.7. The predicted molar refractivity (Wildman–Crippen MR) is 127 cm³/mol. The average molecular weight is 469 g/mol. The molecule has 1 saturated carbocycles. The van der Waals surface area contributed by atoms with Gasteiger partial charge in [-0.25, -0.2) is 0 Å². The molecule has 0 spiro atoms. The maximum Gasteiger partial charge on any atom is 0.303 e. The Morgan fingerprint density at radius 3 is 2.26 bits per heavy atom.